The Balaban J connectivity index is 1.66. The lowest BCUT2D eigenvalue weighted by Gasteiger charge is -2.23. The second-order valence-electron chi connectivity index (χ2n) is 6.50. The van der Waals surface area contributed by atoms with Crippen LogP contribution in [0, 0.1) is 5.82 Å². The summed E-state index contributed by atoms with van der Waals surface area (Å²) in [6, 6.07) is 13.6. The molecular formula is C20H21FN2O2S. The molecule has 0 bridgehead atoms. The number of para-hydroxylation sites is 1. The smallest absolute Gasteiger partial charge is 0.244 e. The Kier molecular flexibility index (Phi) is 5.32. The summed E-state index contributed by atoms with van der Waals surface area (Å²) in [5, 5.41) is 2.86. The lowest BCUT2D eigenvalue weighted by Crippen LogP contribution is -2.41. The maximum atomic E-state index is 13.1. The molecule has 0 aliphatic heterocycles. The van der Waals surface area contributed by atoms with Gasteiger partial charge in [0, 0.05) is 11.9 Å². The van der Waals surface area contributed by atoms with Crippen LogP contribution in [0.4, 0.5) is 10.1 Å². The van der Waals surface area contributed by atoms with Crippen molar-refractivity contribution in [3.8, 4) is 0 Å². The molecule has 0 heterocycles. The fraction of sp³-hybridized carbons (Fsp3) is 0.300. The monoisotopic (exact) mass is 372 g/mol. The van der Waals surface area contributed by atoms with E-state index < -0.39 is 5.41 Å². The highest BCUT2D eigenvalue weighted by Crippen LogP contribution is 2.49. The molecule has 26 heavy (non-hydrogen) atoms. The predicted octanol–water partition coefficient (Wildman–Crippen LogP) is 3.68. The molecule has 0 unspecified atom stereocenters. The molecule has 4 nitrogen and oxygen atoms in total. The highest BCUT2D eigenvalue weighted by molar-refractivity contribution is 7.98. The van der Waals surface area contributed by atoms with E-state index in [0.29, 0.717) is 0 Å². The molecule has 0 radical (unpaired) electrons. The first kappa shape index (κ1) is 18.5. The Morgan fingerprint density at radius 2 is 1.81 bits per heavy atom. The zero-order chi connectivity index (χ0) is 18.7. The highest BCUT2D eigenvalue weighted by Gasteiger charge is 2.52. The molecule has 0 aromatic heterocycles. The lowest BCUT2D eigenvalue weighted by molar-refractivity contribution is -0.135. The van der Waals surface area contributed by atoms with Gasteiger partial charge in [-0.25, -0.2) is 4.39 Å². The fourth-order valence-electron chi connectivity index (χ4n) is 3.11. The van der Waals surface area contributed by atoms with Gasteiger partial charge in [0.25, 0.3) is 0 Å². The van der Waals surface area contributed by atoms with Crippen LogP contribution >= 0.6 is 11.8 Å². The summed E-state index contributed by atoms with van der Waals surface area (Å²) < 4.78 is 13.1. The summed E-state index contributed by atoms with van der Waals surface area (Å²) >= 11 is 1.55. The number of benzene rings is 2. The minimum absolute atomic E-state index is 0.0233. The number of likely N-dealkylation sites (N-methyl/N-ethyl adjacent to an activating group) is 1. The topological polar surface area (TPSA) is 49.4 Å². The van der Waals surface area contributed by atoms with E-state index in [4.69, 9.17) is 0 Å². The molecule has 6 heteroatoms. The van der Waals surface area contributed by atoms with Crippen LogP contribution in [0.5, 0.6) is 0 Å². The van der Waals surface area contributed by atoms with Gasteiger partial charge in [-0.3, -0.25) is 9.59 Å². The van der Waals surface area contributed by atoms with Gasteiger partial charge in [-0.05, 0) is 48.9 Å². The molecule has 0 spiro atoms. The van der Waals surface area contributed by atoms with Gasteiger partial charge in [0.05, 0.1) is 17.6 Å². The van der Waals surface area contributed by atoms with Gasteiger partial charge in [-0.2, -0.15) is 0 Å². The van der Waals surface area contributed by atoms with Crippen LogP contribution in [0.3, 0.4) is 0 Å². The number of anilines is 1. The van der Waals surface area contributed by atoms with Crippen molar-refractivity contribution in [2.24, 2.45) is 0 Å². The van der Waals surface area contributed by atoms with Crippen molar-refractivity contribution in [2.75, 3.05) is 25.2 Å². The van der Waals surface area contributed by atoms with Gasteiger partial charge in [0.1, 0.15) is 5.82 Å². The van der Waals surface area contributed by atoms with Crippen LogP contribution < -0.4 is 5.32 Å². The maximum Gasteiger partial charge on any atom is 0.244 e. The molecular weight excluding hydrogens is 351 g/mol. The van der Waals surface area contributed by atoms with Crippen LogP contribution in [0.25, 0.3) is 0 Å². The lowest BCUT2D eigenvalue weighted by atomic mass is 9.94. The van der Waals surface area contributed by atoms with Crippen molar-refractivity contribution >= 4 is 29.3 Å². The zero-order valence-electron chi connectivity index (χ0n) is 14.8. The Morgan fingerprint density at radius 3 is 2.42 bits per heavy atom. The molecule has 1 aliphatic carbocycles. The van der Waals surface area contributed by atoms with Crippen molar-refractivity contribution in [1.29, 1.82) is 0 Å². The van der Waals surface area contributed by atoms with E-state index in [1.54, 1.807) is 30.9 Å². The molecule has 1 N–H and O–H groups in total. The quantitative estimate of drug-likeness (QED) is 0.787. The molecule has 0 atom stereocenters. The summed E-state index contributed by atoms with van der Waals surface area (Å²) in [5.41, 5.74) is 0.939. The molecule has 1 fully saturated rings. The number of halogens is 1. The second kappa shape index (κ2) is 7.50. The minimum Gasteiger partial charge on any atom is -0.336 e. The van der Waals surface area contributed by atoms with Crippen molar-refractivity contribution in [2.45, 2.75) is 23.2 Å². The van der Waals surface area contributed by atoms with Crippen molar-refractivity contribution in [1.82, 2.24) is 4.90 Å². The van der Waals surface area contributed by atoms with Gasteiger partial charge in [-0.1, -0.05) is 24.3 Å². The second-order valence-corrected chi connectivity index (χ2v) is 7.35. The van der Waals surface area contributed by atoms with Crippen LogP contribution in [0.1, 0.15) is 18.4 Å². The average Bonchev–Trinajstić information content (AvgIpc) is 3.43. The van der Waals surface area contributed by atoms with Crippen LogP contribution in [-0.2, 0) is 15.0 Å². The Labute approximate surface area is 156 Å². The number of carbonyl (C=O) groups is 2. The van der Waals surface area contributed by atoms with Crippen LogP contribution in [0.15, 0.2) is 53.4 Å². The third-order valence-electron chi connectivity index (χ3n) is 4.66. The number of nitrogens with one attached hydrogen (secondary N) is 1. The number of hydrogen-bond donors (Lipinski definition) is 1. The number of nitrogens with zero attached hydrogens (tertiary/aromatic N) is 1. The molecule has 2 amide bonds. The molecule has 2 aromatic rings. The van der Waals surface area contributed by atoms with E-state index >= 15 is 0 Å². The van der Waals surface area contributed by atoms with Crippen LogP contribution in [0.2, 0.25) is 0 Å². The largest absolute Gasteiger partial charge is 0.336 e. The summed E-state index contributed by atoms with van der Waals surface area (Å²) in [7, 11) is 1.63. The third-order valence-corrected chi connectivity index (χ3v) is 5.46. The Bertz CT molecular complexity index is 819. The molecule has 1 aliphatic rings. The third kappa shape index (κ3) is 3.75. The highest BCUT2D eigenvalue weighted by atomic mass is 32.2. The first-order valence-electron chi connectivity index (χ1n) is 8.41. The van der Waals surface area contributed by atoms with E-state index in [2.05, 4.69) is 5.32 Å². The molecule has 2 aromatic carbocycles. The van der Waals surface area contributed by atoms with Crippen molar-refractivity contribution in [3.05, 3.63) is 59.9 Å². The Morgan fingerprint density at radius 1 is 1.15 bits per heavy atom. The van der Waals surface area contributed by atoms with E-state index in [9.17, 15) is 14.0 Å². The summed E-state index contributed by atoms with van der Waals surface area (Å²) in [5.74, 6) is -0.660. The number of hydrogen-bond acceptors (Lipinski definition) is 3. The SMILES string of the molecule is CSc1ccccc1NC(=O)CN(C)C(=O)C1(c2ccc(F)cc2)CC1. The van der Waals surface area contributed by atoms with E-state index in [-0.39, 0.29) is 24.2 Å². The van der Waals surface area contributed by atoms with E-state index in [1.807, 2.05) is 30.5 Å². The zero-order valence-corrected chi connectivity index (χ0v) is 15.6. The molecule has 1 saturated carbocycles. The molecule has 136 valence electrons. The number of amides is 2. The standard InChI is InChI=1S/C20H21FN2O2S/c1-23(13-18(24)22-16-5-3-4-6-17(16)26-2)19(25)20(11-12-20)14-7-9-15(21)10-8-14/h3-10H,11-13H2,1-2H3,(H,22,24). The van der Waals surface area contributed by atoms with E-state index in [0.717, 1.165) is 29.0 Å². The van der Waals surface area contributed by atoms with Gasteiger partial charge < -0.3 is 10.2 Å². The number of thioether (sulfide) groups is 1. The molecule has 3 rings (SSSR count). The Hall–Kier alpha value is -2.34. The van der Waals surface area contributed by atoms with E-state index in [1.165, 1.54) is 17.0 Å². The fourth-order valence-corrected chi connectivity index (χ4v) is 3.66. The summed E-state index contributed by atoms with van der Waals surface area (Å²) in [6.07, 6.45) is 3.39. The first-order chi connectivity index (χ1) is 12.5. The van der Waals surface area contributed by atoms with Crippen molar-refractivity contribution < 1.29 is 14.0 Å². The van der Waals surface area contributed by atoms with Gasteiger partial charge >= 0.3 is 0 Å². The predicted molar refractivity (Wildman–Crippen MR) is 102 cm³/mol. The minimum atomic E-state index is -0.611. The summed E-state index contributed by atoms with van der Waals surface area (Å²) in [4.78, 5) is 27.7. The van der Waals surface area contributed by atoms with Crippen LogP contribution in [-0.4, -0.2) is 36.6 Å². The first-order valence-corrected chi connectivity index (χ1v) is 9.63. The maximum absolute atomic E-state index is 13.1. The average molecular weight is 372 g/mol. The molecule has 0 saturated heterocycles. The van der Waals surface area contributed by atoms with Gasteiger partial charge in [-0.15, -0.1) is 11.8 Å². The van der Waals surface area contributed by atoms with Gasteiger partial charge in [0.2, 0.25) is 11.8 Å². The summed E-state index contributed by atoms with van der Waals surface area (Å²) in [6.45, 7) is -0.0233. The normalized spacial score (nSPS) is 14.6. The number of rotatable bonds is 6. The van der Waals surface area contributed by atoms with Crippen molar-refractivity contribution in [3.63, 3.8) is 0 Å². The number of carbonyl (C=O) groups excluding carboxylic acids is 2. The van der Waals surface area contributed by atoms with Gasteiger partial charge in [0.15, 0.2) is 0 Å².